The van der Waals surface area contributed by atoms with Gasteiger partial charge in [-0.15, -0.1) is 0 Å². The number of hydrogen-bond donors (Lipinski definition) is 3. The summed E-state index contributed by atoms with van der Waals surface area (Å²) in [5.74, 6) is 0.889. The summed E-state index contributed by atoms with van der Waals surface area (Å²) in [6.07, 6.45) is 4.17. The van der Waals surface area contributed by atoms with Crippen LogP contribution in [0.1, 0.15) is 37.4 Å². The van der Waals surface area contributed by atoms with E-state index in [1.807, 2.05) is 25.1 Å². The normalized spacial score (nSPS) is 19.7. The lowest BCUT2D eigenvalue weighted by Crippen LogP contribution is -2.31. The van der Waals surface area contributed by atoms with E-state index >= 15 is 0 Å². The van der Waals surface area contributed by atoms with Gasteiger partial charge in [0, 0.05) is 35.8 Å². The van der Waals surface area contributed by atoms with Crippen molar-refractivity contribution in [2.45, 2.75) is 44.8 Å². The van der Waals surface area contributed by atoms with Crippen LogP contribution in [0.15, 0.2) is 29.2 Å². The van der Waals surface area contributed by atoms with Crippen molar-refractivity contribution in [2.75, 3.05) is 18.1 Å². The van der Waals surface area contributed by atoms with Gasteiger partial charge in [-0.3, -0.25) is 9.36 Å². The minimum atomic E-state index is -0.305. The summed E-state index contributed by atoms with van der Waals surface area (Å²) < 4.78 is 1.74. The van der Waals surface area contributed by atoms with Crippen molar-refractivity contribution < 1.29 is 5.11 Å². The van der Waals surface area contributed by atoms with E-state index < -0.39 is 0 Å². The van der Waals surface area contributed by atoms with Crippen molar-refractivity contribution >= 4 is 22.8 Å². The Hall–Kier alpha value is -3.00. The summed E-state index contributed by atoms with van der Waals surface area (Å²) in [5, 5.41) is 13.7. The molecule has 0 atom stereocenters. The number of nitrogen functional groups attached to an aromatic ring is 1. The van der Waals surface area contributed by atoms with Gasteiger partial charge in [0.25, 0.3) is 5.56 Å². The molecule has 1 aliphatic carbocycles. The highest BCUT2D eigenvalue weighted by Gasteiger charge is 2.25. The zero-order chi connectivity index (χ0) is 19.8. The SMILES string of the molecule is CNc1ccc(-c2cc3c(C)nc(N)nc3n(C3CCC(O)CC3)c2=O)cn1. The fourth-order valence-electron chi connectivity index (χ4n) is 3.94. The average molecular weight is 380 g/mol. The maximum absolute atomic E-state index is 13.5. The molecule has 0 aromatic carbocycles. The molecule has 3 heterocycles. The number of nitrogens with one attached hydrogen (secondary N) is 1. The van der Waals surface area contributed by atoms with Crippen LogP contribution in [0.25, 0.3) is 22.2 Å². The standard InChI is InChI=1S/C20H24N6O2/c1-11-15-9-16(12-3-8-17(22-2)23-10-12)19(28)26(18(15)25-20(21)24-11)13-4-6-14(27)7-5-13/h3,8-10,13-14,27H,4-7H2,1-2H3,(H,22,23)(H2,21,24,25). The molecule has 1 fully saturated rings. The molecule has 3 aromatic heterocycles. The van der Waals surface area contributed by atoms with Gasteiger partial charge in [0.05, 0.1) is 11.8 Å². The van der Waals surface area contributed by atoms with Crippen LogP contribution in [0.4, 0.5) is 11.8 Å². The van der Waals surface area contributed by atoms with Gasteiger partial charge in [0.1, 0.15) is 11.5 Å². The summed E-state index contributed by atoms with van der Waals surface area (Å²) in [4.78, 5) is 26.5. The smallest absolute Gasteiger partial charge is 0.260 e. The molecule has 0 unspecified atom stereocenters. The number of fused-ring (bicyclic) bond motifs is 1. The lowest BCUT2D eigenvalue weighted by atomic mass is 9.92. The summed E-state index contributed by atoms with van der Waals surface area (Å²) in [6, 6.07) is 5.52. The van der Waals surface area contributed by atoms with Crippen LogP contribution < -0.4 is 16.6 Å². The summed E-state index contributed by atoms with van der Waals surface area (Å²) >= 11 is 0. The molecule has 0 saturated heterocycles. The molecule has 4 N–H and O–H groups in total. The topological polar surface area (TPSA) is 119 Å². The molecular weight excluding hydrogens is 356 g/mol. The van der Waals surface area contributed by atoms with Crippen LogP contribution in [-0.4, -0.2) is 37.8 Å². The van der Waals surface area contributed by atoms with Crippen LogP contribution in [0.2, 0.25) is 0 Å². The second-order valence-corrected chi connectivity index (χ2v) is 7.28. The van der Waals surface area contributed by atoms with Crippen molar-refractivity contribution in [3.05, 3.63) is 40.4 Å². The number of rotatable bonds is 3. The van der Waals surface area contributed by atoms with Crippen LogP contribution >= 0.6 is 0 Å². The molecule has 0 aliphatic heterocycles. The van der Waals surface area contributed by atoms with Gasteiger partial charge in [-0.05, 0) is 50.8 Å². The number of aryl methyl sites for hydroxylation is 1. The zero-order valence-corrected chi connectivity index (χ0v) is 16.0. The molecule has 1 aliphatic rings. The Balaban J connectivity index is 1.96. The second-order valence-electron chi connectivity index (χ2n) is 7.28. The van der Waals surface area contributed by atoms with Crippen molar-refractivity contribution in [3.8, 4) is 11.1 Å². The van der Waals surface area contributed by atoms with Gasteiger partial charge in [-0.1, -0.05) is 0 Å². The van der Waals surface area contributed by atoms with Crippen molar-refractivity contribution in [2.24, 2.45) is 0 Å². The highest BCUT2D eigenvalue weighted by Crippen LogP contribution is 2.31. The summed E-state index contributed by atoms with van der Waals surface area (Å²) in [6.45, 7) is 1.87. The van der Waals surface area contributed by atoms with E-state index in [-0.39, 0.29) is 23.7 Å². The van der Waals surface area contributed by atoms with Crippen LogP contribution in [0, 0.1) is 6.92 Å². The lowest BCUT2D eigenvalue weighted by molar-refractivity contribution is 0.111. The molecule has 1 saturated carbocycles. The van der Waals surface area contributed by atoms with E-state index in [4.69, 9.17) is 5.73 Å². The Labute approximate surface area is 162 Å². The van der Waals surface area contributed by atoms with Gasteiger partial charge in [-0.25, -0.2) is 9.97 Å². The highest BCUT2D eigenvalue weighted by molar-refractivity contribution is 5.84. The van der Waals surface area contributed by atoms with E-state index in [0.29, 0.717) is 24.1 Å². The fraction of sp³-hybridized carbons (Fsp3) is 0.400. The van der Waals surface area contributed by atoms with E-state index in [0.717, 1.165) is 35.3 Å². The van der Waals surface area contributed by atoms with Gasteiger partial charge in [-0.2, -0.15) is 4.98 Å². The van der Waals surface area contributed by atoms with E-state index in [9.17, 15) is 9.90 Å². The third-order valence-electron chi connectivity index (χ3n) is 5.46. The first-order chi connectivity index (χ1) is 13.5. The number of aromatic nitrogens is 4. The number of nitrogens with zero attached hydrogens (tertiary/aromatic N) is 4. The largest absolute Gasteiger partial charge is 0.393 e. The van der Waals surface area contributed by atoms with Crippen LogP contribution in [0.5, 0.6) is 0 Å². The van der Waals surface area contributed by atoms with Gasteiger partial charge in [0.15, 0.2) is 0 Å². The van der Waals surface area contributed by atoms with Gasteiger partial charge >= 0.3 is 0 Å². The third-order valence-corrected chi connectivity index (χ3v) is 5.46. The lowest BCUT2D eigenvalue weighted by Gasteiger charge is -2.28. The van der Waals surface area contributed by atoms with E-state index in [1.165, 1.54) is 0 Å². The summed E-state index contributed by atoms with van der Waals surface area (Å²) in [7, 11) is 1.80. The summed E-state index contributed by atoms with van der Waals surface area (Å²) in [5.41, 5.74) is 8.35. The van der Waals surface area contributed by atoms with E-state index in [2.05, 4.69) is 20.3 Å². The molecule has 4 rings (SSSR count). The number of anilines is 2. The Morgan fingerprint density at radius 1 is 1.21 bits per heavy atom. The Morgan fingerprint density at radius 3 is 2.61 bits per heavy atom. The Morgan fingerprint density at radius 2 is 1.96 bits per heavy atom. The maximum Gasteiger partial charge on any atom is 0.260 e. The molecule has 8 nitrogen and oxygen atoms in total. The van der Waals surface area contributed by atoms with Crippen LogP contribution in [-0.2, 0) is 0 Å². The van der Waals surface area contributed by atoms with Crippen molar-refractivity contribution in [1.29, 1.82) is 0 Å². The molecule has 0 amide bonds. The second kappa shape index (κ2) is 7.20. The van der Waals surface area contributed by atoms with Gasteiger partial charge in [0.2, 0.25) is 5.95 Å². The van der Waals surface area contributed by atoms with Crippen LogP contribution in [0.3, 0.4) is 0 Å². The molecule has 0 radical (unpaired) electrons. The predicted octanol–water partition coefficient (Wildman–Crippen LogP) is 2.26. The Bertz CT molecular complexity index is 1070. The molecule has 28 heavy (non-hydrogen) atoms. The number of hydrogen-bond acceptors (Lipinski definition) is 7. The monoisotopic (exact) mass is 380 g/mol. The van der Waals surface area contributed by atoms with Crippen molar-refractivity contribution in [3.63, 3.8) is 0 Å². The number of nitrogens with two attached hydrogens (primary N) is 1. The number of pyridine rings is 2. The van der Waals surface area contributed by atoms with Crippen molar-refractivity contribution in [1.82, 2.24) is 19.5 Å². The van der Waals surface area contributed by atoms with E-state index in [1.54, 1.807) is 17.8 Å². The zero-order valence-electron chi connectivity index (χ0n) is 16.0. The first-order valence-electron chi connectivity index (χ1n) is 9.49. The highest BCUT2D eigenvalue weighted by atomic mass is 16.3. The molecule has 0 spiro atoms. The maximum atomic E-state index is 13.5. The molecule has 8 heteroatoms. The molecule has 0 bridgehead atoms. The number of aliphatic hydroxyl groups is 1. The first kappa shape index (κ1) is 18.4. The minimum Gasteiger partial charge on any atom is -0.393 e. The third kappa shape index (κ3) is 3.20. The first-order valence-corrected chi connectivity index (χ1v) is 9.49. The average Bonchev–Trinajstić information content (AvgIpc) is 2.69. The minimum absolute atomic E-state index is 0.0309. The number of aliphatic hydroxyl groups excluding tert-OH is 1. The quantitative estimate of drug-likeness (QED) is 0.637. The fourth-order valence-corrected chi connectivity index (χ4v) is 3.94. The molecule has 3 aromatic rings. The molecular formula is C20H24N6O2. The Kier molecular flexibility index (Phi) is 4.72. The predicted molar refractivity (Wildman–Crippen MR) is 109 cm³/mol. The molecule has 146 valence electrons. The van der Waals surface area contributed by atoms with Gasteiger partial charge < -0.3 is 16.2 Å².